The van der Waals surface area contributed by atoms with Gasteiger partial charge >= 0.3 is 0 Å². The van der Waals surface area contributed by atoms with Gasteiger partial charge in [-0.25, -0.2) is 0 Å². The second kappa shape index (κ2) is 7.58. The molecule has 2 aliphatic rings. The summed E-state index contributed by atoms with van der Waals surface area (Å²) in [7, 11) is 0. The van der Waals surface area contributed by atoms with Crippen LogP contribution in [0.3, 0.4) is 0 Å². The third kappa shape index (κ3) is 4.10. The molecule has 122 valence electrons. The molecule has 0 saturated carbocycles. The quantitative estimate of drug-likeness (QED) is 0.920. The molecule has 5 heteroatoms. The second-order valence-electron chi connectivity index (χ2n) is 6.40. The average molecular weight is 313 g/mol. The van der Waals surface area contributed by atoms with Gasteiger partial charge in [0.15, 0.2) is 0 Å². The number of likely N-dealkylation sites (tertiary alicyclic amines) is 1. The molecule has 23 heavy (non-hydrogen) atoms. The average Bonchev–Trinajstić information content (AvgIpc) is 3.15. The first-order chi connectivity index (χ1) is 11.3. The van der Waals surface area contributed by atoms with E-state index < -0.39 is 0 Å². The lowest BCUT2D eigenvalue weighted by Crippen LogP contribution is -2.43. The zero-order chi connectivity index (χ0) is 16.1. The summed E-state index contributed by atoms with van der Waals surface area (Å²) >= 11 is 0. The van der Waals surface area contributed by atoms with Crippen LogP contribution >= 0.6 is 0 Å². The minimum atomic E-state index is -0.0891. The fourth-order valence-corrected chi connectivity index (χ4v) is 3.40. The first-order valence-corrected chi connectivity index (χ1v) is 8.36. The van der Waals surface area contributed by atoms with Crippen molar-refractivity contribution < 1.29 is 9.53 Å². The lowest BCUT2D eigenvalue weighted by atomic mass is 9.95. The Balaban J connectivity index is 1.44. The maximum atomic E-state index is 12.2. The summed E-state index contributed by atoms with van der Waals surface area (Å²) < 4.78 is 5.46. The van der Waals surface area contributed by atoms with Crippen LogP contribution in [0.5, 0.6) is 0 Å². The third-order valence-corrected chi connectivity index (χ3v) is 4.88. The maximum absolute atomic E-state index is 12.2. The number of ether oxygens (including phenoxy) is 1. The van der Waals surface area contributed by atoms with E-state index in [0.29, 0.717) is 29.6 Å². The minimum absolute atomic E-state index is 0.0891. The minimum Gasteiger partial charge on any atom is -0.380 e. The van der Waals surface area contributed by atoms with E-state index in [9.17, 15) is 4.79 Å². The Hall–Kier alpha value is -1.90. The van der Waals surface area contributed by atoms with Gasteiger partial charge in [0.1, 0.15) is 0 Å². The zero-order valence-corrected chi connectivity index (χ0v) is 13.3. The number of carbonyl (C=O) groups is 1. The maximum Gasteiger partial charge on any atom is 0.251 e. The van der Waals surface area contributed by atoms with Crippen LogP contribution < -0.4 is 5.32 Å². The number of nitrogens with one attached hydrogen (secondary N) is 1. The van der Waals surface area contributed by atoms with E-state index in [1.165, 1.54) is 0 Å². The molecule has 0 unspecified atom stereocenters. The van der Waals surface area contributed by atoms with Crippen molar-refractivity contribution in [3.63, 3.8) is 0 Å². The van der Waals surface area contributed by atoms with Crippen LogP contribution in [0.25, 0.3) is 0 Å². The highest BCUT2D eigenvalue weighted by Gasteiger charge is 2.27. The Morgan fingerprint density at radius 2 is 2.17 bits per heavy atom. The van der Waals surface area contributed by atoms with E-state index in [2.05, 4.69) is 16.3 Å². The SMILES string of the molecule is N#Cc1cccc(C(=O)NCC2CCN([C@H]3CCOC3)CC2)c1. The number of nitriles is 1. The fraction of sp³-hybridized carbons (Fsp3) is 0.556. The normalized spacial score (nSPS) is 22.7. The van der Waals surface area contributed by atoms with Crippen LogP contribution in [0.1, 0.15) is 35.2 Å². The van der Waals surface area contributed by atoms with Crippen molar-refractivity contribution in [1.29, 1.82) is 5.26 Å². The molecule has 1 aromatic rings. The second-order valence-corrected chi connectivity index (χ2v) is 6.40. The molecule has 1 aromatic carbocycles. The number of rotatable bonds is 4. The number of piperidine rings is 1. The highest BCUT2D eigenvalue weighted by Crippen LogP contribution is 2.22. The van der Waals surface area contributed by atoms with Crippen LogP contribution in [0, 0.1) is 17.2 Å². The van der Waals surface area contributed by atoms with Gasteiger partial charge in [0.2, 0.25) is 0 Å². The predicted molar refractivity (Wildman–Crippen MR) is 87.0 cm³/mol. The molecular weight excluding hydrogens is 290 g/mol. The monoisotopic (exact) mass is 313 g/mol. The van der Waals surface area contributed by atoms with Crippen LogP contribution in [0.4, 0.5) is 0 Å². The van der Waals surface area contributed by atoms with Crippen molar-refractivity contribution in [1.82, 2.24) is 10.2 Å². The molecule has 1 N–H and O–H groups in total. The number of nitrogens with zero attached hydrogens (tertiary/aromatic N) is 2. The number of amides is 1. The molecule has 0 spiro atoms. The number of hydrogen-bond donors (Lipinski definition) is 1. The Morgan fingerprint density at radius 1 is 1.35 bits per heavy atom. The van der Waals surface area contributed by atoms with Gasteiger partial charge in [-0.2, -0.15) is 5.26 Å². The summed E-state index contributed by atoms with van der Waals surface area (Å²) in [5, 5.41) is 11.9. The van der Waals surface area contributed by atoms with Gasteiger partial charge in [-0.15, -0.1) is 0 Å². The molecule has 5 nitrogen and oxygen atoms in total. The molecule has 3 rings (SSSR count). The Labute approximate surface area is 137 Å². The molecule has 2 fully saturated rings. The van der Waals surface area contributed by atoms with Gasteiger partial charge in [-0.05, 0) is 56.5 Å². The van der Waals surface area contributed by atoms with E-state index in [4.69, 9.17) is 10.00 Å². The topological polar surface area (TPSA) is 65.4 Å². The molecular formula is C18H23N3O2. The Morgan fingerprint density at radius 3 is 2.87 bits per heavy atom. The van der Waals surface area contributed by atoms with Gasteiger partial charge in [-0.1, -0.05) is 6.07 Å². The molecule has 1 amide bonds. The molecule has 0 radical (unpaired) electrons. The lowest BCUT2D eigenvalue weighted by molar-refractivity contribution is 0.0911. The van der Waals surface area contributed by atoms with Gasteiger partial charge in [0.05, 0.1) is 18.2 Å². The van der Waals surface area contributed by atoms with Crippen LogP contribution in [-0.2, 0) is 4.74 Å². The molecule has 0 aromatic heterocycles. The smallest absolute Gasteiger partial charge is 0.251 e. The standard InChI is InChI=1S/C18H23N3O2/c19-11-15-2-1-3-16(10-15)18(22)20-12-14-4-7-21(8-5-14)17-6-9-23-13-17/h1-3,10,14,17H,4-9,12-13H2,(H,20,22)/t17-/m0/s1. The van der Waals surface area contributed by atoms with Crippen molar-refractivity contribution in [2.45, 2.75) is 25.3 Å². The predicted octanol–water partition coefficient (Wildman–Crippen LogP) is 1.79. The summed E-state index contributed by atoms with van der Waals surface area (Å²) in [6, 6.07) is 9.50. The number of carbonyl (C=O) groups excluding carboxylic acids is 1. The first kappa shape index (κ1) is 16.0. The van der Waals surface area contributed by atoms with Gasteiger partial charge in [0, 0.05) is 24.8 Å². The summed E-state index contributed by atoms with van der Waals surface area (Å²) in [5.74, 6) is 0.449. The lowest BCUT2D eigenvalue weighted by Gasteiger charge is -2.35. The van der Waals surface area contributed by atoms with Crippen molar-refractivity contribution >= 4 is 5.91 Å². The van der Waals surface area contributed by atoms with Crippen molar-refractivity contribution in [3.05, 3.63) is 35.4 Å². The number of benzene rings is 1. The summed E-state index contributed by atoms with van der Waals surface area (Å²) in [4.78, 5) is 14.7. The van der Waals surface area contributed by atoms with Crippen LogP contribution in [0.2, 0.25) is 0 Å². The van der Waals surface area contributed by atoms with Gasteiger partial charge in [0.25, 0.3) is 5.91 Å². The van der Waals surface area contributed by atoms with Crippen molar-refractivity contribution in [2.24, 2.45) is 5.92 Å². The molecule has 0 bridgehead atoms. The van der Waals surface area contributed by atoms with E-state index >= 15 is 0 Å². The number of hydrogen-bond acceptors (Lipinski definition) is 4. The molecule has 0 aliphatic carbocycles. The van der Waals surface area contributed by atoms with E-state index in [1.54, 1.807) is 24.3 Å². The van der Waals surface area contributed by atoms with Gasteiger partial charge < -0.3 is 10.1 Å². The largest absolute Gasteiger partial charge is 0.380 e. The molecule has 2 saturated heterocycles. The molecule has 2 aliphatic heterocycles. The summed E-state index contributed by atoms with van der Waals surface area (Å²) in [6.07, 6.45) is 3.39. The van der Waals surface area contributed by atoms with E-state index in [-0.39, 0.29) is 5.91 Å². The van der Waals surface area contributed by atoms with Crippen molar-refractivity contribution in [2.75, 3.05) is 32.8 Å². The highest BCUT2D eigenvalue weighted by atomic mass is 16.5. The summed E-state index contributed by atoms with van der Waals surface area (Å²) in [5.41, 5.74) is 1.08. The molecule has 2 heterocycles. The van der Waals surface area contributed by atoms with Crippen molar-refractivity contribution in [3.8, 4) is 6.07 Å². The molecule has 1 atom stereocenters. The zero-order valence-electron chi connectivity index (χ0n) is 13.3. The van der Waals surface area contributed by atoms with Crippen LogP contribution in [0.15, 0.2) is 24.3 Å². The van der Waals surface area contributed by atoms with Gasteiger partial charge in [-0.3, -0.25) is 9.69 Å². The highest BCUT2D eigenvalue weighted by molar-refractivity contribution is 5.94. The Bertz CT molecular complexity index is 582. The fourth-order valence-electron chi connectivity index (χ4n) is 3.40. The van der Waals surface area contributed by atoms with E-state index in [1.807, 2.05) is 0 Å². The third-order valence-electron chi connectivity index (χ3n) is 4.88. The first-order valence-electron chi connectivity index (χ1n) is 8.36. The summed E-state index contributed by atoms with van der Waals surface area (Å²) in [6.45, 7) is 4.67. The van der Waals surface area contributed by atoms with Crippen LogP contribution in [-0.4, -0.2) is 49.7 Å². The van der Waals surface area contributed by atoms with E-state index in [0.717, 1.165) is 45.6 Å². The Kier molecular flexibility index (Phi) is 5.27.